The molecule has 2 N–H and O–H groups in total. The van der Waals surface area contributed by atoms with Crippen LogP contribution in [0.3, 0.4) is 0 Å². The molecule has 0 radical (unpaired) electrons. The molecule has 0 aromatic carbocycles. The van der Waals surface area contributed by atoms with Crippen molar-refractivity contribution in [2.45, 2.75) is 19.9 Å². The summed E-state index contributed by atoms with van der Waals surface area (Å²) in [5.74, 6) is 0.548. The molecule has 2 aromatic heterocycles. The molecule has 7 nitrogen and oxygen atoms in total. The van der Waals surface area contributed by atoms with Crippen molar-refractivity contribution in [2.24, 2.45) is 7.05 Å². The Kier molecular flexibility index (Phi) is 3.55. The van der Waals surface area contributed by atoms with Gasteiger partial charge < -0.3 is 10.5 Å². The molecule has 2 heterocycles. The summed E-state index contributed by atoms with van der Waals surface area (Å²) in [4.78, 5) is 12.5. The van der Waals surface area contributed by atoms with Crippen LogP contribution in [-0.4, -0.2) is 32.5 Å². The van der Waals surface area contributed by atoms with Gasteiger partial charge in [-0.05, 0) is 6.42 Å². The van der Waals surface area contributed by atoms with Crippen LogP contribution in [0.1, 0.15) is 29.4 Å². The Balaban J connectivity index is 2.48. The minimum atomic E-state index is -0.228. The summed E-state index contributed by atoms with van der Waals surface area (Å²) in [6, 6.07) is 0. The number of ether oxygens (including phenoxy) is 1. The van der Waals surface area contributed by atoms with E-state index in [2.05, 4.69) is 10.2 Å². The van der Waals surface area contributed by atoms with Gasteiger partial charge in [0.2, 0.25) is 5.78 Å². The van der Waals surface area contributed by atoms with E-state index in [1.807, 2.05) is 6.92 Å². The summed E-state index contributed by atoms with van der Waals surface area (Å²) in [5.41, 5.74) is 6.60. The number of methoxy groups -OCH3 is 1. The molecule has 19 heavy (non-hydrogen) atoms. The molecule has 0 spiro atoms. The fraction of sp³-hybridized carbons (Fsp3) is 0.417. The first-order valence-corrected chi connectivity index (χ1v) is 6.02. The molecule has 102 valence electrons. The van der Waals surface area contributed by atoms with Gasteiger partial charge in [-0.2, -0.15) is 10.2 Å². The molecule has 0 aliphatic rings. The van der Waals surface area contributed by atoms with Crippen LogP contribution in [-0.2, 0) is 13.6 Å². The summed E-state index contributed by atoms with van der Waals surface area (Å²) in [5, 5.41) is 8.14. The van der Waals surface area contributed by atoms with Gasteiger partial charge in [-0.15, -0.1) is 0 Å². The average molecular weight is 263 g/mol. The molecule has 0 atom stereocenters. The lowest BCUT2D eigenvalue weighted by atomic mass is 10.1. The van der Waals surface area contributed by atoms with Gasteiger partial charge >= 0.3 is 0 Å². The highest BCUT2D eigenvalue weighted by Crippen LogP contribution is 2.23. The topological polar surface area (TPSA) is 88.0 Å². The van der Waals surface area contributed by atoms with E-state index in [-0.39, 0.29) is 5.78 Å². The largest absolute Gasteiger partial charge is 0.493 e. The molecular weight excluding hydrogens is 246 g/mol. The third-order valence-electron chi connectivity index (χ3n) is 2.91. The molecule has 7 heteroatoms. The maximum Gasteiger partial charge on any atom is 0.220 e. The molecule has 2 aromatic rings. The summed E-state index contributed by atoms with van der Waals surface area (Å²) >= 11 is 0. The van der Waals surface area contributed by atoms with Crippen molar-refractivity contribution in [3.05, 3.63) is 23.7 Å². The minimum Gasteiger partial charge on any atom is -0.493 e. The Hall–Kier alpha value is -2.31. The Morgan fingerprint density at radius 2 is 2.16 bits per heavy atom. The van der Waals surface area contributed by atoms with E-state index in [1.54, 1.807) is 11.7 Å². The monoisotopic (exact) mass is 263 g/mol. The third-order valence-corrected chi connectivity index (χ3v) is 2.91. The van der Waals surface area contributed by atoms with E-state index in [0.717, 1.165) is 6.42 Å². The molecule has 0 aliphatic heterocycles. The normalized spacial score (nSPS) is 10.7. The zero-order valence-corrected chi connectivity index (χ0v) is 11.3. The van der Waals surface area contributed by atoms with Crippen molar-refractivity contribution < 1.29 is 9.53 Å². The summed E-state index contributed by atoms with van der Waals surface area (Å²) in [6.07, 6.45) is 3.86. The van der Waals surface area contributed by atoms with Crippen LogP contribution in [0.15, 0.2) is 12.4 Å². The second-order valence-electron chi connectivity index (χ2n) is 4.18. The number of aryl methyl sites for hydroxylation is 2. The zero-order valence-electron chi connectivity index (χ0n) is 11.3. The SMILES string of the molecule is CCCn1ncc(OC)c1C(=O)c1cnn(C)c1N. The van der Waals surface area contributed by atoms with Crippen LogP contribution in [0.4, 0.5) is 5.82 Å². The number of aromatic nitrogens is 4. The van der Waals surface area contributed by atoms with Crippen molar-refractivity contribution in [3.63, 3.8) is 0 Å². The number of nitrogen functional groups attached to an aromatic ring is 1. The van der Waals surface area contributed by atoms with Crippen LogP contribution in [0.2, 0.25) is 0 Å². The van der Waals surface area contributed by atoms with Crippen LogP contribution >= 0.6 is 0 Å². The van der Waals surface area contributed by atoms with Gasteiger partial charge in [-0.25, -0.2) is 0 Å². The van der Waals surface area contributed by atoms with Crippen molar-refractivity contribution in [1.82, 2.24) is 19.6 Å². The van der Waals surface area contributed by atoms with Crippen LogP contribution < -0.4 is 10.5 Å². The highest BCUT2D eigenvalue weighted by molar-refractivity contribution is 6.12. The molecule has 0 saturated carbocycles. The minimum absolute atomic E-state index is 0.228. The highest BCUT2D eigenvalue weighted by Gasteiger charge is 2.24. The quantitative estimate of drug-likeness (QED) is 0.808. The van der Waals surface area contributed by atoms with Gasteiger partial charge in [-0.1, -0.05) is 6.92 Å². The molecule has 0 aliphatic carbocycles. The number of ketones is 1. The van der Waals surface area contributed by atoms with Gasteiger partial charge in [0.05, 0.1) is 25.1 Å². The second-order valence-corrected chi connectivity index (χ2v) is 4.18. The number of carbonyl (C=O) groups is 1. The highest BCUT2D eigenvalue weighted by atomic mass is 16.5. The van der Waals surface area contributed by atoms with Gasteiger partial charge in [0.1, 0.15) is 5.82 Å². The number of hydrogen-bond donors (Lipinski definition) is 1. The lowest BCUT2D eigenvalue weighted by molar-refractivity contribution is 0.102. The van der Waals surface area contributed by atoms with E-state index < -0.39 is 0 Å². The van der Waals surface area contributed by atoms with E-state index >= 15 is 0 Å². The summed E-state index contributed by atoms with van der Waals surface area (Å²) < 4.78 is 8.28. The first-order chi connectivity index (χ1) is 9.10. The summed E-state index contributed by atoms with van der Waals surface area (Å²) in [7, 11) is 3.20. The fourth-order valence-electron chi connectivity index (χ4n) is 1.88. The van der Waals surface area contributed by atoms with Crippen molar-refractivity contribution in [1.29, 1.82) is 0 Å². The molecule has 0 amide bonds. The molecule has 2 rings (SSSR count). The predicted octanol–water partition coefficient (Wildman–Crippen LogP) is 0.848. The van der Waals surface area contributed by atoms with Crippen molar-refractivity contribution in [3.8, 4) is 5.75 Å². The van der Waals surface area contributed by atoms with E-state index in [4.69, 9.17) is 10.5 Å². The standard InChI is InChI=1S/C12H17N5O2/c1-4-5-17-10(9(19-3)7-15-17)11(18)8-6-14-16(2)12(8)13/h6-7H,4-5,13H2,1-3H3. The van der Waals surface area contributed by atoms with E-state index in [1.165, 1.54) is 24.2 Å². The number of anilines is 1. The lowest BCUT2D eigenvalue weighted by Crippen LogP contribution is -2.14. The van der Waals surface area contributed by atoms with Crippen LogP contribution in [0.25, 0.3) is 0 Å². The number of carbonyl (C=O) groups excluding carboxylic acids is 1. The second kappa shape index (κ2) is 5.13. The Morgan fingerprint density at radius 1 is 1.42 bits per heavy atom. The van der Waals surface area contributed by atoms with E-state index in [9.17, 15) is 4.79 Å². The lowest BCUT2D eigenvalue weighted by Gasteiger charge is -2.07. The molecule has 0 bridgehead atoms. The maximum absolute atomic E-state index is 12.5. The number of nitrogens with zero attached hydrogens (tertiary/aromatic N) is 4. The van der Waals surface area contributed by atoms with E-state index in [0.29, 0.717) is 29.4 Å². The Bertz CT molecular complexity index is 599. The first kappa shape index (κ1) is 13.1. The molecule has 0 saturated heterocycles. The van der Waals surface area contributed by atoms with Crippen molar-refractivity contribution in [2.75, 3.05) is 12.8 Å². The third kappa shape index (κ3) is 2.18. The Labute approximate surface area is 111 Å². The van der Waals surface area contributed by atoms with Gasteiger partial charge in [0.15, 0.2) is 11.4 Å². The fourth-order valence-corrected chi connectivity index (χ4v) is 1.88. The molecule has 0 fully saturated rings. The zero-order chi connectivity index (χ0) is 14.0. The molecular formula is C12H17N5O2. The maximum atomic E-state index is 12.5. The van der Waals surface area contributed by atoms with Crippen LogP contribution in [0, 0.1) is 0 Å². The Morgan fingerprint density at radius 3 is 2.68 bits per heavy atom. The number of rotatable bonds is 5. The van der Waals surface area contributed by atoms with Crippen molar-refractivity contribution >= 4 is 11.6 Å². The number of hydrogen-bond acceptors (Lipinski definition) is 5. The van der Waals surface area contributed by atoms with Crippen LogP contribution in [0.5, 0.6) is 5.75 Å². The average Bonchev–Trinajstić information content (AvgIpc) is 2.95. The van der Waals surface area contributed by atoms with Gasteiger partial charge in [0, 0.05) is 13.6 Å². The summed E-state index contributed by atoms with van der Waals surface area (Å²) in [6.45, 7) is 2.66. The first-order valence-electron chi connectivity index (χ1n) is 6.02. The van der Waals surface area contributed by atoms with Gasteiger partial charge in [0.25, 0.3) is 0 Å². The molecule has 0 unspecified atom stereocenters. The van der Waals surface area contributed by atoms with Gasteiger partial charge in [-0.3, -0.25) is 14.2 Å². The smallest absolute Gasteiger partial charge is 0.220 e. The predicted molar refractivity (Wildman–Crippen MR) is 70.1 cm³/mol. The number of nitrogens with two attached hydrogens (primary N) is 1.